The summed E-state index contributed by atoms with van der Waals surface area (Å²) in [5.74, 6) is 1.59. The number of aryl methyl sites for hydroxylation is 1. The molecule has 0 amide bonds. The van der Waals surface area contributed by atoms with Gasteiger partial charge in [-0.1, -0.05) is 6.07 Å². The molecule has 0 spiro atoms. The fourth-order valence-corrected chi connectivity index (χ4v) is 5.85. The molecule has 0 N–H and O–H groups in total. The summed E-state index contributed by atoms with van der Waals surface area (Å²) in [7, 11) is 2.22. The number of likely N-dealkylation sites (tertiary alicyclic amines) is 1. The van der Waals surface area contributed by atoms with Crippen molar-refractivity contribution in [3.63, 3.8) is 0 Å². The van der Waals surface area contributed by atoms with Crippen LogP contribution < -0.4 is 4.90 Å². The van der Waals surface area contributed by atoms with Gasteiger partial charge in [0.1, 0.15) is 11.5 Å². The Kier molecular flexibility index (Phi) is 3.44. The normalized spacial score (nSPS) is 29.2. The molecule has 0 aromatic carbocycles. The van der Waals surface area contributed by atoms with E-state index in [0.29, 0.717) is 12.1 Å². The van der Waals surface area contributed by atoms with Crippen LogP contribution >= 0.6 is 0 Å². The number of ketones is 1. The molecule has 2 bridgehead atoms. The van der Waals surface area contributed by atoms with E-state index in [1.807, 2.05) is 22.7 Å². The molecule has 3 fully saturated rings. The third-order valence-corrected chi connectivity index (χ3v) is 7.67. The summed E-state index contributed by atoms with van der Waals surface area (Å²) in [5.41, 5.74) is 5.70. The van der Waals surface area contributed by atoms with Crippen LogP contribution in [-0.2, 0) is 4.79 Å². The van der Waals surface area contributed by atoms with E-state index in [9.17, 15) is 4.79 Å². The fraction of sp³-hybridized carbons (Fsp3) is 0.400. The van der Waals surface area contributed by atoms with Gasteiger partial charge in [0, 0.05) is 55.0 Å². The Morgan fingerprint density at radius 3 is 2.68 bits per heavy atom. The van der Waals surface area contributed by atoms with Gasteiger partial charge in [0.05, 0.1) is 11.4 Å². The average molecular weight is 412 g/mol. The number of piperazine rings is 1. The van der Waals surface area contributed by atoms with E-state index in [1.54, 1.807) is 0 Å². The number of imidazole rings is 1. The Hall–Kier alpha value is -2.99. The molecule has 3 aromatic heterocycles. The third-order valence-electron chi connectivity index (χ3n) is 7.67. The number of allylic oxidation sites excluding steroid dienone is 1. The molecule has 3 aromatic rings. The van der Waals surface area contributed by atoms with Crippen molar-refractivity contribution in [2.45, 2.75) is 37.8 Å². The van der Waals surface area contributed by atoms with Crippen molar-refractivity contribution < 1.29 is 4.79 Å². The van der Waals surface area contributed by atoms with Gasteiger partial charge in [0.25, 0.3) is 0 Å². The monoisotopic (exact) mass is 411 g/mol. The van der Waals surface area contributed by atoms with Gasteiger partial charge in [-0.05, 0) is 62.2 Å². The minimum Gasteiger partial charge on any atom is -0.351 e. The van der Waals surface area contributed by atoms with Crippen LogP contribution in [0.4, 0.5) is 5.82 Å². The molecule has 31 heavy (non-hydrogen) atoms. The maximum absolute atomic E-state index is 13.3. The van der Waals surface area contributed by atoms with Crippen molar-refractivity contribution in [2.75, 3.05) is 25.0 Å². The second kappa shape index (κ2) is 6.04. The van der Waals surface area contributed by atoms with Crippen LogP contribution in [0.15, 0.2) is 36.7 Å². The Labute approximate surface area is 181 Å². The highest BCUT2D eigenvalue weighted by Gasteiger charge is 2.49. The summed E-state index contributed by atoms with van der Waals surface area (Å²) < 4.78 is 2.01. The Morgan fingerprint density at radius 1 is 0.968 bits per heavy atom. The van der Waals surface area contributed by atoms with E-state index in [1.165, 1.54) is 12.0 Å². The van der Waals surface area contributed by atoms with E-state index in [0.717, 1.165) is 53.5 Å². The van der Waals surface area contributed by atoms with Crippen molar-refractivity contribution in [1.29, 1.82) is 0 Å². The molecule has 1 saturated carbocycles. The summed E-state index contributed by atoms with van der Waals surface area (Å²) in [6.45, 7) is 4.24. The number of likely N-dealkylation sites (N-methyl/N-ethyl adjacent to an activating group) is 1. The molecule has 2 aliphatic carbocycles. The molecule has 2 saturated heterocycles. The number of aromatic nitrogens is 3. The van der Waals surface area contributed by atoms with Crippen LogP contribution in [0.5, 0.6) is 0 Å². The number of carbonyl (C=O) groups is 1. The van der Waals surface area contributed by atoms with E-state index in [2.05, 4.69) is 48.2 Å². The molecule has 4 unspecified atom stereocenters. The Bertz CT molecular complexity index is 1290. The van der Waals surface area contributed by atoms with Crippen LogP contribution in [0.1, 0.15) is 41.3 Å². The predicted molar refractivity (Wildman–Crippen MR) is 120 cm³/mol. The number of pyridine rings is 2. The van der Waals surface area contributed by atoms with Crippen molar-refractivity contribution >= 4 is 28.9 Å². The maximum atomic E-state index is 13.3. The Morgan fingerprint density at radius 2 is 1.87 bits per heavy atom. The van der Waals surface area contributed by atoms with Gasteiger partial charge in [-0.3, -0.25) is 9.69 Å². The van der Waals surface area contributed by atoms with Crippen LogP contribution in [0.2, 0.25) is 0 Å². The summed E-state index contributed by atoms with van der Waals surface area (Å²) in [4.78, 5) is 28.1. The standard InChI is InChI=1S/C25H25N5O/c1-14-3-5-22-26-21(13-29(22)10-14)20-7-15-4-6-23(27-24(15)18-9-19(18)25(20)31)30-12-16-8-17(30)11-28(16)2/h3-7,10,13,16-19H,8-9,11-12H2,1-2H3. The highest BCUT2D eigenvalue weighted by molar-refractivity contribution is 6.27. The highest BCUT2D eigenvalue weighted by atomic mass is 16.1. The first-order valence-corrected chi connectivity index (χ1v) is 11.2. The smallest absolute Gasteiger partial charge is 0.168 e. The summed E-state index contributed by atoms with van der Waals surface area (Å²) in [5, 5.41) is 0. The fourth-order valence-electron chi connectivity index (χ4n) is 5.85. The van der Waals surface area contributed by atoms with Gasteiger partial charge in [-0.15, -0.1) is 0 Å². The lowest BCUT2D eigenvalue weighted by molar-refractivity contribution is -0.114. The van der Waals surface area contributed by atoms with Crippen molar-refractivity contribution in [1.82, 2.24) is 19.3 Å². The average Bonchev–Trinajstić information content (AvgIpc) is 3.11. The summed E-state index contributed by atoms with van der Waals surface area (Å²) in [6.07, 6.45) is 8.20. The second-order valence-corrected chi connectivity index (χ2v) is 9.75. The van der Waals surface area contributed by atoms with Crippen LogP contribution in [-0.4, -0.2) is 57.3 Å². The zero-order chi connectivity index (χ0) is 20.9. The van der Waals surface area contributed by atoms with Gasteiger partial charge >= 0.3 is 0 Å². The first kappa shape index (κ1) is 17.7. The number of hydrogen-bond acceptors (Lipinski definition) is 5. The third kappa shape index (κ3) is 2.57. The lowest BCUT2D eigenvalue weighted by Crippen LogP contribution is -2.44. The van der Waals surface area contributed by atoms with Crippen molar-refractivity contribution in [2.24, 2.45) is 5.92 Å². The molecule has 156 valence electrons. The second-order valence-electron chi connectivity index (χ2n) is 9.75. The molecule has 4 aliphatic rings. The quantitative estimate of drug-likeness (QED) is 0.648. The molecular weight excluding hydrogens is 386 g/mol. The van der Waals surface area contributed by atoms with E-state index < -0.39 is 0 Å². The summed E-state index contributed by atoms with van der Waals surface area (Å²) in [6, 6.07) is 9.58. The van der Waals surface area contributed by atoms with E-state index in [-0.39, 0.29) is 17.6 Å². The topological polar surface area (TPSA) is 53.7 Å². The predicted octanol–water partition coefficient (Wildman–Crippen LogP) is 3.16. The molecule has 0 radical (unpaired) electrons. The molecule has 6 heteroatoms. The zero-order valence-corrected chi connectivity index (χ0v) is 17.8. The van der Waals surface area contributed by atoms with Crippen LogP contribution in [0.25, 0.3) is 17.3 Å². The van der Waals surface area contributed by atoms with Gasteiger partial charge < -0.3 is 9.30 Å². The molecule has 5 heterocycles. The molecule has 2 aliphatic heterocycles. The van der Waals surface area contributed by atoms with Crippen molar-refractivity contribution in [3.05, 3.63) is 59.2 Å². The first-order valence-electron chi connectivity index (χ1n) is 11.2. The Balaban J connectivity index is 1.29. The van der Waals surface area contributed by atoms with Gasteiger partial charge in [-0.25, -0.2) is 9.97 Å². The van der Waals surface area contributed by atoms with Gasteiger partial charge in [0.15, 0.2) is 5.78 Å². The SMILES string of the molecule is Cc1ccc2nc(C3=Cc4ccc(N5CC6CC5CN6C)nc4C4CC4C3=O)cn2c1. The number of carbonyl (C=O) groups excluding carboxylic acids is 1. The molecule has 4 atom stereocenters. The molecule has 7 rings (SSSR count). The molecule has 6 nitrogen and oxygen atoms in total. The van der Waals surface area contributed by atoms with Crippen LogP contribution in [0, 0.1) is 12.8 Å². The minimum atomic E-state index is 0.0444. The lowest BCUT2D eigenvalue weighted by Gasteiger charge is -2.33. The molecular formula is C25H25N5O. The number of rotatable bonds is 2. The number of nitrogens with zero attached hydrogens (tertiary/aromatic N) is 5. The van der Waals surface area contributed by atoms with E-state index in [4.69, 9.17) is 9.97 Å². The summed E-state index contributed by atoms with van der Waals surface area (Å²) >= 11 is 0. The zero-order valence-electron chi connectivity index (χ0n) is 17.8. The minimum absolute atomic E-state index is 0.0444. The number of fused-ring (bicyclic) bond motifs is 6. The number of Topliss-reactive ketones (excluding diaryl/α,β-unsaturated/α-hetero) is 1. The van der Waals surface area contributed by atoms with E-state index >= 15 is 0 Å². The van der Waals surface area contributed by atoms with Crippen molar-refractivity contribution in [3.8, 4) is 0 Å². The van der Waals surface area contributed by atoms with Gasteiger partial charge in [-0.2, -0.15) is 0 Å². The lowest BCUT2D eigenvalue weighted by atomic mass is 10.0. The largest absolute Gasteiger partial charge is 0.351 e. The highest BCUT2D eigenvalue weighted by Crippen LogP contribution is 2.53. The number of hydrogen-bond donors (Lipinski definition) is 0. The maximum Gasteiger partial charge on any atom is 0.168 e. The van der Waals surface area contributed by atoms with Crippen LogP contribution in [0.3, 0.4) is 0 Å². The first-order chi connectivity index (χ1) is 15.0. The number of anilines is 1. The van der Waals surface area contributed by atoms with Gasteiger partial charge in [0.2, 0.25) is 0 Å².